The Hall–Kier alpha value is -0.960. The molecule has 0 bridgehead atoms. The zero-order valence-electron chi connectivity index (χ0n) is 10.9. The van der Waals surface area contributed by atoms with E-state index in [0.717, 1.165) is 36.3 Å². The largest absolute Gasteiger partial charge is 0.339 e. The van der Waals surface area contributed by atoms with Gasteiger partial charge in [0, 0.05) is 17.5 Å². The number of rotatable bonds is 3. The summed E-state index contributed by atoms with van der Waals surface area (Å²) in [5, 5.41) is 0. The lowest BCUT2D eigenvalue weighted by Crippen LogP contribution is -2.44. The van der Waals surface area contributed by atoms with Crippen molar-refractivity contribution in [2.45, 2.75) is 50.0 Å². The number of hydrogen-bond acceptors (Lipinski definition) is 2. The average Bonchev–Trinajstić information content (AvgIpc) is 2.41. The number of thiol groups is 1. The number of likely N-dealkylation sites (tertiary alicyclic amines) is 1. The Morgan fingerprint density at radius 1 is 1.33 bits per heavy atom. The molecule has 0 N–H and O–H groups in total. The summed E-state index contributed by atoms with van der Waals surface area (Å²) >= 11 is 4.26. The summed E-state index contributed by atoms with van der Waals surface area (Å²) in [6.07, 6.45) is 5.16. The van der Waals surface area contributed by atoms with Gasteiger partial charge in [-0.25, -0.2) is 0 Å². The fourth-order valence-electron chi connectivity index (χ4n) is 2.64. The van der Waals surface area contributed by atoms with Crippen LogP contribution in [0.2, 0.25) is 0 Å². The molecule has 1 unspecified atom stereocenters. The molecule has 0 aliphatic carbocycles. The van der Waals surface area contributed by atoms with Crippen LogP contribution in [0.1, 0.15) is 38.2 Å². The molecule has 1 aliphatic heterocycles. The van der Waals surface area contributed by atoms with E-state index in [1.54, 1.807) is 0 Å². The number of carbonyl (C=O) groups is 1. The van der Waals surface area contributed by atoms with Gasteiger partial charge in [0.25, 0.3) is 0 Å². The second kappa shape index (κ2) is 6.28. The third-order valence-corrected chi connectivity index (χ3v) is 4.01. The van der Waals surface area contributed by atoms with Crippen LogP contribution < -0.4 is 0 Å². The molecule has 0 aromatic heterocycles. The summed E-state index contributed by atoms with van der Waals surface area (Å²) in [6, 6.07) is 8.32. The van der Waals surface area contributed by atoms with Crippen LogP contribution in [0.15, 0.2) is 29.2 Å². The molecule has 1 atom stereocenters. The van der Waals surface area contributed by atoms with Crippen LogP contribution in [-0.2, 0) is 11.2 Å². The van der Waals surface area contributed by atoms with Gasteiger partial charge in [-0.15, -0.1) is 12.6 Å². The Morgan fingerprint density at radius 2 is 2.06 bits per heavy atom. The van der Waals surface area contributed by atoms with Gasteiger partial charge in [-0.1, -0.05) is 19.1 Å². The summed E-state index contributed by atoms with van der Waals surface area (Å²) < 4.78 is 0. The van der Waals surface area contributed by atoms with Crippen molar-refractivity contribution in [3.8, 4) is 0 Å². The van der Waals surface area contributed by atoms with Gasteiger partial charge in [-0.2, -0.15) is 0 Å². The average molecular weight is 263 g/mol. The quantitative estimate of drug-likeness (QED) is 0.830. The maximum Gasteiger partial charge on any atom is 0.227 e. The second-order valence-electron chi connectivity index (χ2n) is 4.99. The van der Waals surface area contributed by atoms with Gasteiger partial charge in [0.15, 0.2) is 0 Å². The van der Waals surface area contributed by atoms with Crippen LogP contribution in [0.3, 0.4) is 0 Å². The van der Waals surface area contributed by atoms with Crippen LogP contribution in [-0.4, -0.2) is 23.4 Å². The summed E-state index contributed by atoms with van der Waals surface area (Å²) in [6.45, 7) is 3.11. The summed E-state index contributed by atoms with van der Waals surface area (Å²) in [4.78, 5) is 15.4. The molecule has 0 saturated carbocycles. The first kappa shape index (κ1) is 13.5. The molecule has 18 heavy (non-hydrogen) atoms. The molecule has 2 nitrogen and oxygen atoms in total. The highest BCUT2D eigenvalue weighted by Crippen LogP contribution is 2.20. The van der Waals surface area contributed by atoms with Crippen molar-refractivity contribution in [3.05, 3.63) is 29.8 Å². The normalized spacial score (nSPS) is 19.9. The molecular formula is C15H21NOS. The lowest BCUT2D eigenvalue weighted by Gasteiger charge is -2.35. The number of hydrogen-bond donors (Lipinski definition) is 1. The van der Waals surface area contributed by atoms with Crippen molar-refractivity contribution in [2.24, 2.45) is 0 Å². The number of amides is 1. The summed E-state index contributed by atoms with van der Waals surface area (Å²) in [5.74, 6) is 0.272. The third kappa shape index (κ3) is 3.29. The van der Waals surface area contributed by atoms with Crippen LogP contribution >= 0.6 is 12.6 Å². The minimum atomic E-state index is 0.272. The molecule has 0 radical (unpaired) electrons. The minimum Gasteiger partial charge on any atom is -0.339 e. The van der Waals surface area contributed by atoms with E-state index in [4.69, 9.17) is 0 Å². The first-order valence-electron chi connectivity index (χ1n) is 6.78. The highest BCUT2D eigenvalue weighted by atomic mass is 32.1. The molecule has 1 aromatic rings. The van der Waals surface area contributed by atoms with E-state index in [1.165, 1.54) is 6.42 Å². The third-order valence-electron chi connectivity index (χ3n) is 3.71. The first-order valence-corrected chi connectivity index (χ1v) is 7.23. The van der Waals surface area contributed by atoms with Gasteiger partial charge in [0.2, 0.25) is 5.91 Å². The number of piperidine rings is 1. The van der Waals surface area contributed by atoms with E-state index < -0.39 is 0 Å². The van der Waals surface area contributed by atoms with E-state index in [2.05, 4.69) is 24.5 Å². The zero-order chi connectivity index (χ0) is 13.0. The van der Waals surface area contributed by atoms with Crippen molar-refractivity contribution in [1.82, 2.24) is 4.90 Å². The van der Waals surface area contributed by atoms with Crippen LogP contribution in [0.5, 0.6) is 0 Å². The van der Waals surface area contributed by atoms with E-state index in [0.29, 0.717) is 12.5 Å². The highest BCUT2D eigenvalue weighted by molar-refractivity contribution is 7.80. The Kier molecular flexibility index (Phi) is 4.70. The molecule has 1 amide bonds. The Balaban J connectivity index is 2.00. The topological polar surface area (TPSA) is 20.3 Å². The molecule has 1 heterocycles. The van der Waals surface area contributed by atoms with Crippen LogP contribution in [0, 0.1) is 0 Å². The predicted octanol–water partition coefficient (Wildman–Crippen LogP) is 3.31. The number of carbonyl (C=O) groups excluding carboxylic acids is 1. The lowest BCUT2D eigenvalue weighted by atomic mass is 9.99. The maximum absolute atomic E-state index is 12.3. The molecule has 1 saturated heterocycles. The Morgan fingerprint density at radius 3 is 2.72 bits per heavy atom. The van der Waals surface area contributed by atoms with Gasteiger partial charge in [-0.3, -0.25) is 4.79 Å². The van der Waals surface area contributed by atoms with Crippen molar-refractivity contribution in [2.75, 3.05) is 6.54 Å². The van der Waals surface area contributed by atoms with Crippen LogP contribution in [0.25, 0.3) is 0 Å². The summed E-state index contributed by atoms with van der Waals surface area (Å²) in [5.41, 5.74) is 1.08. The van der Waals surface area contributed by atoms with Crippen LogP contribution in [0.4, 0.5) is 0 Å². The molecule has 2 rings (SSSR count). The Labute approximate surface area is 115 Å². The van der Waals surface area contributed by atoms with Gasteiger partial charge in [-0.05, 0) is 43.4 Å². The van der Waals surface area contributed by atoms with E-state index in [1.807, 2.05) is 24.3 Å². The number of benzene rings is 1. The van der Waals surface area contributed by atoms with E-state index >= 15 is 0 Å². The van der Waals surface area contributed by atoms with Crippen molar-refractivity contribution in [1.29, 1.82) is 0 Å². The van der Waals surface area contributed by atoms with Crippen molar-refractivity contribution >= 4 is 18.5 Å². The van der Waals surface area contributed by atoms with E-state index in [-0.39, 0.29) is 5.91 Å². The molecule has 1 aromatic carbocycles. The SMILES string of the molecule is CCC1CCCCN1C(=O)Cc1ccc(S)cc1. The van der Waals surface area contributed by atoms with Crippen molar-refractivity contribution < 1.29 is 4.79 Å². The molecule has 3 heteroatoms. The minimum absolute atomic E-state index is 0.272. The molecular weight excluding hydrogens is 242 g/mol. The van der Waals surface area contributed by atoms with Crippen molar-refractivity contribution in [3.63, 3.8) is 0 Å². The number of nitrogens with zero attached hydrogens (tertiary/aromatic N) is 1. The van der Waals surface area contributed by atoms with Gasteiger partial charge >= 0.3 is 0 Å². The summed E-state index contributed by atoms with van der Waals surface area (Å²) in [7, 11) is 0. The standard InChI is InChI=1S/C15H21NOS/c1-2-13-5-3-4-10-16(13)15(17)11-12-6-8-14(18)9-7-12/h6-9,13,18H,2-5,10-11H2,1H3. The highest BCUT2D eigenvalue weighted by Gasteiger charge is 2.24. The maximum atomic E-state index is 12.3. The first-order chi connectivity index (χ1) is 8.70. The monoisotopic (exact) mass is 263 g/mol. The Bertz CT molecular complexity index is 401. The smallest absolute Gasteiger partial charge is 0.227 e. The van der Waals surface area contributed by atoms with Gasteiger partial charge < -0.3 is 4.90 Å². The second-order valence-corrected chi connectivity index (χ2v) is 5.50. The van der Waals surface area contributed by atoms with Gasteiger partial charge in [0.05, 0.1) is 6.42 Å². The molecule has 1 aliphatic rings. The fraction of sp³-hybridized carbons (Fsp3) is 0.533. The molecule has 1 fully saturated rings. The molecule has 98 valence electrons. The predicted molar refractivity (Wildman–Crippen MR) is 77.0 cm³/mol. The zero-order valence-corrected chi connectivity index (χ0v) is 11.8. The fourth-order valence-corrected chi connectivity index (χ4v) is 2.79. The van der Waals surface area contributed by atoms with E-state index in [9.17, 15) is 4.79 Å². The van der Waals surface area contributed by atoms with Gasteiger partial charge in [0.1, 0.15) is 0 Å². The molecule has 0 spiro atoms. The lowest BCUT2D eigenvalue weighted by molar-refractivity contribution is -0.134.